The summed E-state index contributed by atoms with van der Waals surface area (Å²) in [5.41, 5.74) is 5.90. The SMILES string of the molecule is COc1ccccc1CC(=O)NNC(=O)c1ccn(-c2cccc(F)c2)n1. The summed E-state index contributed by atoms with van der Waals surface area (Å²) >= 11 is 0. The Bertz CT molecular complexity index is 971. The molecule has 3 rings (SSSR count). The van der Waals surface area contributed by atoms with Crippen LogP contribution in [-0.4, -0.2) is 28.7 Å². The largest absolute Gasteiger partial charge is 0.496 e. The van der Waals surface area contributed by atoms with Gasteiger partial charge in [-0.05, 0) is 30.3 Å². The molecule has 2 N–H and O–H groups in total. The minimum Gasteiger partial charge on any atom is -0.496 e. The van der Waals surface area contributed by atoms with Gasteiger partial charge in [-0.15, -0.1) is 0 Å². The lowest BCUT2D eigenvalue weighted by Gasteiger charge is -2.09. The summed E-state index contributed by atoms with van der Waals surface area (Å²) in [6, 6.07) is 14.4. The summed E-state index contributed by atoms with van der Waals surface area (Å²) in [6.07, 6.45) is 1.57. The number of rotatable bonds is 5. The Labute approximate surface area is 154 Å². The highest BCUT2D eigenvalue weighted by Crippen LogP contribution is 2.17. The highest BCUT2D eigenvalue weighted by molar-refractivity contribution is 5.93. The number of ether oxygens (including phenoxy) is 1. The number of amides is 2. The summed E-state index contributed by atoms with van der Waals surface area (Å²) in [5.74, 6) is -0.804. The number of nitrogens with zero attached hydrogens (tertiary/aromatic N) is 2. The summed E-state index contributed by atoms with van der Waals surface area (Å²) in [4.78, 5) is 24.2. The molecular weight excluding hydrogens is 351 g/mol. The Morgan fingerprint density at radius 3 is 2.70 bits per heavy atom. The van der Waals surface area contributed by atoms with Crippen LogP contribution >= 0.6 is 0 Å². The Kier molecular flexibility index (Phi) is 5.46. The standard InChI is InChI=1S/C19H17FN4O3/c1-27-17-8-3-2-5-13(17)11-18(25)21-22-19(26)16-9-10-24(23-16)15-7-4-6-14(20)12-15/h2-10,12H,11H2,1H3,(H,21,25)(H,22,26). The first kappa shape index (κ1) is 18.1. The van der Waals surface area contributed by atoms with Crippen molar-refractivity contribution in [3.8, 4) is 11.4 Å². The number of para-hydroxylation sites is 1. The molecule has 8 heteroatoms. The first-order valence-electron chi connectivity index (χ1n) is 8.09. The molecule has 0 saturated carbocycles. The molecule has 0 spiro atoms. The van der Waals surface area contributed by atoms with Gasteiger partial charge in [-0.1, -0.05) is 24.3 Å². The lowest BCUT2D eigenvalue weighted by atomic mass is 10.1. The number of carbonyl (C=O) groups excluding carboxylic acids is 2. The van der Waals surface area contributed by atoms with Crippen molar-refractivity contribution < 1.29 is 18.7 Å². The second-order valence-corrected chi connectivity index (χ2v) is 5.62. The number of hydrogen-bond donors (Lipinski definition) is 2. The Hall–Kier alpha value is -3.68. The molecule has 7 nitrogen and oxygen atoms in total. The minimum absolute atomic E-state index is 0.0437. The molecule has 0 aliphatic carbocycles. The smallest absolute Gasteiger partial charge is 0.290 e. The van der Waals surface area contributed by atoms with Crippen LogP contribution in [0.15, 0.2) is 60.8 Å². The lowest BCUT2D eigenvalue weighted by Crippen LogP contribution is -2.42. The highest BCUT2D eigenvalue weighted by Gasteiger charge is 2.13. The van der Waals surface area contributed by atoms with Crippen molar-refractivity contribution in [2.24, 2.45) is 0 Å². The Morgan fingerprint density at radius 2 is 1.93 bits per heavy atom. The highest BCUT2D eigenvalue weighted by atomic mass is 19.1. The molecule has 2 amide bonds. The van der Waals surface area contributed by atoms with Crippen LogP contribution in [0.2, 0.25) is 0 Å². The molecule has 0 radical (unpaired) electrons. The average Bonchev–Trinajstić information content (AvgIpc) is 3.17. The number of carbonyl (C=O) groups is 2. The molecule has 1 aromatic heterocycles. The zero-order valence-electron chi connectivity index (χ0n) is 14.5. The van der Waals surface area contributed by atoms with Crippen LogP contribution in [0.1, 0.15) is 16.1 Å². The van der Waals surface area contributed by atoms with E-state index in [0.29, 0.717) is 17.0 Å². The van der Waals surface area contributed by atoms with E-state index in [1.54, 1.807) is 36.4 Å². The van der Waals surface area contributed by atoms with Crippen LogP contribution in [-0.2, 0) is 11.2 Å². The van der Waals surface area contributed by atoms with Crippen LogP contribution in [0.3, 0.4) is 0 Å². The molecule has 0 unspecified atom stereocenters. The van der Waals surface area contributed by atoms with Crippen LogP contribution in [0.5, 0.6) is 5.75 Å². The third-order valence-electron chi connectivity index (χ3n) is 3.75. The normalized spacial score (nSPS) is 10.3. The molecular formula is C19H17FN4O3. The third kappa shape index (κ3) is 4.49. The van der Waals surface area contributed by atoms with Gasteiger partial charge in [0.2, 0.25) is 5.91 Å². The predicted octanol–water partition coefficient (Wildman–Crippen LogP) is 2.02. The number of nitrogens with one attached hydrogen (secondary N) is 2. The molecule has 138 valence electrons. The van der Waals surface area contributed by atoms with Gasteiger partial charge >= 0.3 is 0 Å². The fraction of sp³-hybridized carbons (Fsp3) is 0.105. The maximum Gasteiger partial charge on any atom is 0.290 e. The van der Waals surface area contributed by atoms with Gasteiger partial charge in [0.05, 0.1) is 19.2 Å². The number of halogens is 1. The number of hydrazine groups is 1. The molecule has 1 heterocycles. The van der Waals surface area contributed by atoms with Gasteiger partial charge in [0.25, 0.3) is 5.91 Å². The van der Waals surface area contributed by atoms with Gasteiger partial charge in [-0.3, -0.25) is 20.4 Å². The molecule has 0 aliphatic heterocycles. The fourth-order valence-corrected chi connectivity index (χ4v) is 2.46. The van der Waals surface area contributed by atoms with E-state index in [1.807, 2.05) is 0 Å². The van der Waals surface area contributed by atoms with E-state index in [2.05, 4.69) is 16.0 Å². The first-order valence-corrected chi connectivity index (χ1v) is 8.09. The van der Waals surface area contributed by atoms with Gasteiger partial charge in [-0.25, -0.2) is 9.07 Å². The molecule has 27 heavy (non-hydrogen) atoms. The van der Waals surface area contributed by atoms with Gasteiger partial charge < -0.3 is 4.74 Å². The molecule has 0 aliphatic rings. The van der Waals surface area contributed by atoms with Crippen molar-refractivity contribution in [3.05, 3.63) is 77.9 Å². The van der Waals surface area contributed by atoms with E-state index < -0.39 is 17.6 Å². The van der Waals surface area contributed by atoms with E-state index in [9.17, 15) is 14.0 Å². The second-order valence-electron chi connectivity index (χ2n) is 5.62. The number of aromatic nitrogens is 2. The summed E-state index contributed by atoms with van der Waals surface area (Å²) in [6.45, 7) is 0. The number of benzene rings is 2. The lowest BCUT2D eigenvalue weighted by molar-refractivity contribution is -0.121. The number of hydrogen-bond acceptors (Lipinski definition) is 4. The molecule has 0 bridgehead atoms. The Balaban J connectivity index is 1.59. The summed E-state index contributed by atoms with van der Waals surface area (Å²) in [7, 11) is 1.52. The topological polar surface area (TPSA) is 85.3 Å². The first-order chi connectivity index (χ1) is 13.1. The summed E-state index contributed by atoms with van der Waals surface area (Å²) in [5, 5.41) is 4.08. The van der Waals surface area contributed by atoms with Crippen LogP contribution in [0.4, 0.5) is 4.39 Å². The zero-order chi connectivity index (χ0) is 19.2. The van der Waals surface area contributed by atoms with Gasteiger partial charge in [0.15, 0.2) is 5.69 Å². The van der Waals surface area contributed by atoms with Crippen molar-refractivity contribution in [1.82, 2.24) is 20.6 Å². The van der Waals surface area contributed by atoms with Crippen molar-refractivity contribution in [3.63, 3.8) is 0 Å². The van der Waals surface area contributed by atoms with Crippen LogP contribution in [0, 0.1) is 5.82 Å². The monoisotopic (exact) mass is 368 g/mol. The predicted molar refractivity (Wildman–Crippen MR) is 95.8 cm³/mol. The fourth-order valence-electron chi connectivity index (χ4n) is 2.46. The van der Waals surface area contributed by atoms with Crippen molar-refractivity contribution in [1.29, 1.82) is 0 Å². The van der Waals surface area contributed by atoms with E-state index in [4.69, 9.17) is 4.74 Å². The Morgan fingerprint density at radius 1 is 1.11 bits per heavy atom. The van der Waals surface area contributed by atoms with E-state index in [1.165, 1.54) is 36.2 Å². The van der Waals surface area contributed by atoms with E-state index in [-0.39, 0.29) is 12.1 Å². The molecule has 3 aromatic rings. The van der Waals surface area contributed by atoms with E-state index >= 15 is 0 Å². The van der Waals surface area contributed by atoms with E-state index in [0.717, 1.165) is 0 Å². The second kappa shape index (κ2) is 8.13. The molecule has 0 saturated heterocycles. The zero-order valence-corrected chi connectivity index (χ0v) is 14.5. The maximum absolute atomic E-state index is 13.3. The van der Waals surface area contributed by atoms with Gasteiger partial charge in [-0.2, -0.15) is 5.10 Å². The number of methoxy groups -OCH3 is 1. The van der Waals surface area contributed by atoms with Gasteiger partial charge in [0, 0.05) is 11.8 Å². The third-order valence-corrected chi connectivity index (χ3v) is 3.75. The maximum atomic E-state index is 13.3. The van der Waals surface area contributed by atoms with Crippen molar-refractivity contribution >= 4 is 11.8 Å². The molecule has 0 atom stereocenters. The summed E-state index contributed by atoms with van der Waals surface area (Å²) < 4.78 is 19.8. The quantitative estimate of drug-likeness (QED) is 0.675. The van der Waals surface area contributed by atoms with Crippen LogP contribution in [0.25, 0.3) is 5.69 Å². The van der Waals surface area contributed by atoms with Crippen molar-refractivity contribution in [2.75, 3.05) is 7.11 Å². The minimum atomic E-state index is -0.585. The van der Waals surface area contributed by atoms with Crippen LogP contribution < -0.4 is 15.6 Å². The molecule has 0 fully saturated rings. The van der Waals surface area contributed by atoms with Crippen molar-refractivity contribution in [2.45, 2.75) is 6.42 Å². The average molecular weight is 368 g/mol. The molecule has 2 aromatic carbocycles. The van der Waals surface area contributed by atoms with Gasteiger partial charge in [0.1, 0.15) is 11.6 Å².